The van der Waals surface area contributed by atoms with Gasteiger partial charge < -0.3 is 49.5 Å². The first-order valence-electron chi connectivity index (χ1n) is 40.2. The molecule has 0 bridgehead atoms. The molecule has 4 N–H and O–H groups in total. The van der Waals surface area contributed by atoms with Crippen LogP contribution in [0.3, 0.4) is 0 Å². The van der Waals surface area contributed by atoms with Crippen molar-refractivity contribution in [3.05, 3.63) is 185 Å². The highest BCUT2D eigenvalue weighted by atomic mass is 35.5. The lowest BCUT2D eigenvalue weighted by Crippen LogP contribution is -2.41. The number of alkyl halides is 3. The Bertz CT molecular complexity index is 6540. The van der Waals surface area contributed by atoms with Crippen LogP contribution in [0, 0.1) is 0 Å². The summed E-state index contributed by atoms with van der Waals surface area (Å²) in [5.74, 6) is 0.337. The lowest BCUT2D eigenvalue weighted by molar-refractivity contribution is -0.192. The van der Waals surface area contributed by atoms with Crippen molar-refractivity contribution < 1.29 is 85.1 Å². The number of para-hydroxylation sites is 4. The molecule has 0 saturated carbocycles. The van der Waals surface area contributed by atoms with E-state index in [9.17, 15) is 51.6 Å². The van der Waals surface area contributed by atoms with E-state index < -0.39 is 76.2 Å². The number of anilines is 8. The predicted octanol–water partition coefficient (Wildman–Crippen LogP) is 17.0. The van der Waals surface area contributed by atoms with Crippen LogP contribution < -0.4 is 48.1 Å². The summed E-state index contributed by atoms with van der Waals surface area (Å²) in [7, 11) is -4.68. The molecule has 3 aliphatic heterocycles. The number of likely N-dealkylation sites (tertiary alicyclic amines) is 1. The Morgan fingerprint density at radius 1 is 0.527 bits per heavy atom. The first kappa shape index (κ1) is 99.0. The van der Waals surface area contributed by atoms with Gasteiger partial charge in [-0.25, -0.2) is 73.2 Å². The van der Waals surface area contributed by atoms with Gasteiger partial charge in [-0.3, -0.25) is 17.2 Å². The Kier molecular flexibility index (Phi) is 31.0. The van der Waals surface area contributed by atoms with Crippen LogP contribution in [-0.4, -0.2) is 209 Å². The van der Waals surface area contributed by atoms with Crippen molar-refractivity contribution >= 4 is 187 Å². The van der Waals surface area contributed by atoms with Crippen LogP contribution in [0.2, 0.25) is 5.28 Å². The molecule has 6 aromatic heterocycles. The second-order valence-corrected chi connectivity index (χ2v) is 43.6. The summed E-state index contributed by atoms with van der Waals surface area (Å²) >= 11 is 10.4. The van der Waals surface area contributed by atoms with E-state index in [2.05, 4.69) is 54.1 Å². The largest absolute Gasteiger partial charge is 0.497 e. The molecular weight excluding hydrogens is 1820 g/mol. The number of halogens is 4. The molecule has 9 heterocycles. The number of aliphatic carboxylic acids is 1. The number of carboxylic acid groups (broad SMARTS) is 1. The summed E-state index contributed by atoms with van der Waals surface area (Å²) in [5.41, 5.74) is 12.7. The molecule has 3 saturated heterocycles. The van der Waals surface area contributed by atoms with E-state index >= 15 is 0 Å². The monoisotopic (exact) mass is 1920 g/mol. The van der Waals surface area contributed by atoms with Gasteiger partial charge in [0.15, 0.2) is 0 Å². The van der Waals surface area contributed by atoms with Crippen LogP contribution in [-0.2, 0) is 58.9 Å². The van der Waals surface area contributed by atoms with Gasteiger partial charge in [-0.15, -0.1) is 34.0 Å². The molecule has 0 spiro atoms. The number of methoxy groups -OCH3 is 2. The molecule has 129 heavy (non-hydrogen) atoms. The fourth-order valence-corrected chi connectivity index (χ4v) is 18.8. The van der Waals surface area contributed by atoms with Crippen LogP contribution in [0.4, 0.5) is 64.0 Å². The Morgan fingerprint density at radius 2 is 0.868 bits per heavy atom. The number of hydrogen-bond acceptors (Lipinski definition) is 27. The number of ether oxygens (including phenoxy) is 3. The number of hydrogen-bond donors (Lipinski definition) is 4. The lowest BCUT2D eigenvalue weighted by atomic mass is 9.78. The average molecular weight is 1930 g/mol. The minimum Gasteiger partial charge on any atom is -0.495 e. The SMILES string of the molecule is CN(c1ccccc1-c1csc2cnc(Cl)nc12)S(C)(=O)=O.CN(c1ccccc1B1OC(C)(C)C(C)(C)O1)S(C)(=O)=O.COc1cc(C2CCN(C(=O)OC(C)(C)C)CC2)ccc1Nc1ncc2scc(-c3ccccc3N(C)S(C)(=O)=O)c2n1.COc1cc(C2CCNCC2)ccc1Nc1ncc2scc(-c3ccccc3N(C)S(C)(=O)=O)c2n1.O=C(O)C(F)(F)F. The Hall–Kier alpha value is -10.6. The van der Waals surface area contributed by atoms with E-state index in [4.69, 9.17) is 55.0 Å². The molecule has 30 nitrogen and oxygen atoms in total. The van der Waals surface area contributed by atoms with Gasteiger partial charge in [0.2, 0.25) is 57.3 Å². The van der Waals surface area contributed by atoms with E-state index in [1.807, 2.05) is 143 Å². The number of aromatic nitrogens is 6. The third-order valence-corrected chi connectivity index (χ3v) is 29.6. The maximum atomic E-state index is 12.5. The maximum absolute atomic E-state index is 12.5. The van der Waals surface area contributed by atoms with Gasteiger partial charge in [-0.1, -0.05) is 84.9 Å². The number of fused-ring (bicyclic) bond motifs is 3. The second-order valence-electron chi connectivity index (χ2n) is 32.5. The van der Waals surface area contributed by atoms with Crippen LogP contribution in [0.15, 0.2) is 168 Å². The molecule has 0 unspecified atom stereocenters. The number of nitrogens with zero attached hydrogens (tertiary/aromatic N) is 11. The highest BCUT2D eigenvalue weighted by Gasteiger charge is 2.53. The van der Waals surface area contributed by atoms with E-state index in [0.29, 0.717) is 70.8 Å². The summed E-state index contributed by atoms with van der Waals surface area (Å²) < 4.78 is 165. The van der Waals surface area contributed by atoms with Crippen molar-refractivity contribution in [2.75, 3.05) is 121 Å². The van der Waals surface area contributed by atoms with Crippen molar-refractivity contribution in [3.8, 4) is 44.9 Å². The first-order chi connectivity index (χ1) is 60.5. The van der Waals surface area contributed by atoms with Crippen LogP contribution in [0.25, 0.3) is 64.0 Å². The lowest BCUT2D eigenvalue weighted by Gasteiger charge is -2.33. The number of rotatable bonds is 20. The molecule has 0 atom stereocenters. The summed E-state index contributed by atoms with van der Waals surface area (Å²) in [5, 5.41) is 23.2. The van der Waals surface area contributed by atoms with Gasteiger partial charge in [0, 0.05) is 102 Å². The van der Waals surface area contributed by atoms with Crippen molar-refractivity contribution in [2.45, 2.75) is 109 Å². The minimum absolute atomic E-state index is 0.168. The number of nitrogens with one attached hydrogen (secondary N) is 3. The molecular formula is C87H101BClF3N14O16S7. The molecule has 3 fully saturated rings. The number of benzene rings is 6. The summed E-state index contributed by atoms with van der Waals surface area (Å²) in [6, 6.07) is 41.7. The maximum Gasteiger partial charge on any atom is 0.497 e. The van der Waals surface area contributed by atoms with Crippen molar-refractivity contribution in [2.24, 2.45) is 0 Å². The third kappa shape index (κ3) is 24.4. The number of carbonyl (C=O) groups excluding carboxylic acids is 1. The van der Waals surface area contributed by atoms with Crippen molar-refractivity contribution in [1.82, 2.24) is 40.1 Å². The summed E-state index contributed by atoms with van der Waals surface area (Å²) in [6.45, 7) is 16.9. The van der Waals surface area contributed by atoms with Gasteiger partial charge in [-0.05, 0) is 170 Å². The van der Waals surface area contributed by atoms with E-state index in [1.54, 1.807) is 88.2 Å². The Morgan fingerprint density at radius 3 is 1.23 bits per heavy atom. The zero-order chi connectivity index (χ0) is 94.3. The van der Waals surface area contributed by atoms with Crippen molar-refractivity contribution in [3.63, 3.8) is 0 Å². The number of sulfonamides is 4. The van der Waals surface area contributed by atoms with Crippen molar-refractivity contribution in [1.29, 1.82) is 0 Å². The normalized spacial score (nSPS) is 14.9. The molecule has 1 amide bonds. The van der Waals surface area contributed by atoms with Gasteiger partial charge in [0.1, 0.15) is 17.1 Å². The fourth-order valence-electron chi connectivity index (χ4n) is 14.0. The summed E-state index contributed by atoms with van der Waals surface area (Å²) in [4.78, 5) is 50.0. The second kappa shape index (κ2) is 40.4. The quantitative estimate of drug-likeness (QED) is 0.0407. The topological polar surface area (TPSA) is 367 Å². The number of piperidine rings is 2. The third-order valence-electron chi connectivity index (χ3n) is 21.9. The number of amides is 1. The first-order valence-corrected chi connectivity index (χ1v) is 50.6. The minimum atomic E-state index is -5.08. The fraction of sp³-hybridized carbons (Fsp3) is 0.356. The van der Waals surface area contributed by atoms with Gasteiger partial charge in [0.25, 0.3) is 0 Å². The van der Waals surface area contributed by atoms with Gasteiger partial charge in [-0.2, -0.15) is 13.2 Å². The molecule has 688 valence electrons. The van der Waals surface area contributed by atoms with E-state index in [0.717, 1.165) is 125 Å². The smallest absolute Gasteiger partial charge is 0.495 e. The summed E-state index contributed by atoms with van der Waals surface area (Å²) in [6.07, 6.45) is 8.52. The molecule has 42 heteroatoms. The molecule has 15 rings (SSSR count). The highest BCUT2D eigenvalue weighted by molar-refractivity contribution is 7.92. The average Bonchev–Trinajstić information content (AvgIpc) is 1.62. The standard InChI is InChI=1S/C31H37N5O5S2.C26H29N5O3S2.C14H22BNO4S.C14H12ClN3O2S2.C2HF3O2/c1-31(2,3)41-30(37)36-15-13-20(14-16-36)21-11-12-24(26(17-21)40-5)33-29-32-18-27-28(34-29)23(19-42-27)22-9-7-8-10-25(22)35(4)43(6,38)39;1-31(36(3,32)33)22-7-5-4-6-19(22)20-16-35-24-15-28-26(30-25(20)24)29-21-9-8-18(14-23(21)34-2)17-10-12-27-13-11-17;1-13(2)14(3,4)20-15(19-13)11-9-7-8-10-12(11)16(5)21(6,17)18;1-18(22(2,19)20)11-6-4-3-5-9(11)10-8-21-12-7-16-14(15)17-13(10)12;3-2(4,5)1(6)7/h7-12,17-20H,13-16H2,1-6H3,(H,32,33,34);4-9,14-17,27H,10-13H2,1-3H3,(H,28,29,30);7-10H,1-6H3;3-8H,1-2H3;(H,6,7). The number of carboxylic acids is 1. The number of carbonyl (C=O) groups is 2. The van der Waals surface area contributed by atoms with E-state index in [1.165, 1.54) is 95.9 Å². The molecule has 3 aliphatic rings. The van der Waals surface area contributed by atoms with Gasteiger partial charge in [0.05, 0.1) is 128 Å². The molecule has 0 radical (unpaired) electrons. The van der Waals surface area contributed by atoms with Crippen LogP contribution in [0.5, 0.6) is 11.5 Å². The predicted molar refractivity (Wildman–Crippen MR) is 510 cm³/mol. The Balaban J connectivity index is 0.000000168. The number of thiophene rings is 3. The van der Waals surface area contributed by atoms with E-state index in [-0.39, 0.29) is 11.4 Å². The molecule has 0 aliphatic carbocycles. The van der Waals surface area contributed by atoms with Crippen LogP contribution in [0.1, 0.15) is 97.1 Å². The van der Waals surface area contributed by atoms with Gasteiger partial charge >= 0.3 is 25.4 Å². The highest BCUT2D eigenvalue weighted by Crippen LogP contribution is 2.45. The zero-order valence-corrected chi connectivity index (χ0v) is 80.4. The molecule has 12 aromatic rings. The molecule has 6 aromatic carbocycles. The Labute approximate surface area is 766 Å². The van der Waals surface area contributed by atoms with Crippen LogP contribution >= 0.6 is 45.6 Å². The zero-order valence-electron chi connectivity index (χ0n) is 73.9.